The maximum absolute atomic E-state index is 12.6. The number of nitro benzene ring substituents is 1. The Labute approximate surface area is 111 Å². The van der Waals surface area contributed by atoms with Gasteiger partial charge in [0, 0.05) is 6.07 Å². The fourth-order valence-electron chi connectivity index (χ4n) is 1.29. The number of carbonyl (C=O) groups is 1. The molecule has 1 atom stereocenters. The van der Waals surface area contributed by atoms with Gasteiger partial charge in [0.2, 0.25) is 0 Å². The standard InChI is InChI=1S/C11H12F3N3O3/c1-6-3-4-8(17(19)20)7(5-6)16-9(18)10(2,15)11(12,13)14/h3-5H,15H2,1-2H3,(H,16,18). The number of nitrogens with zero attached hydrogens (tertiary/aromatic N) is 1. The molecule has 0 aliphatic carbocycles. The van der Waals surface area contributed by atoms with Gasteiger partial charge in [-0.25, -0.2) is 0 Å². The summed E-state index contributed by atoms with van der Waals surface area (Å²) in [5.74, 6) is -1.57. The van der Waals surface area contributed by atoms with Gasteiger partial charge in [0.25, 0.3) is 11.6 Å². The molecular weight excluding hydrogens is 279 g/mol. The summed E-state index contributed by atoms with van der Waals surface area (Å²) in [6.45, 7) is 2.06. The maximum atomic E-state index is 12.6. The van der Waals surface area contributed by atoms with Crippen LogP contribution in [0.3, 0.4) is 0 Å². The van der Waals surface area contributed by atoms with E-state index in [4.69, 9.17) is 5.73 Å². The van der Waals surface area contributed by atoms with Crippen molar-refractivity contribution >= 4 is 17.3 Å². The van der Waals surface area contributed by atoms with Crippen molar-refractivity contribution in [2.45, 2.75) is 25.6 Å². The van der Waals surface area contributed by atoms with E-state index in [1.807, 2.05) is 5.32 Å². The van der Waals surface area contributed by atoms with E-state index in [9.17, 15) is 28.1 Å². The molecule has 1 aromatic carbocycles. The van der Waals surface area contributed by atoms with Crippen molar-refractivity contribution in [3.05, 3.63) is 33.9 Å². The summed E-state index contributed by atoms with van der Waals surface area (Å²) in [4.78, 5) is 21.5. The van der Waals surface area contributed by atoms with Crippen molar-refractivity contribution in [1.29, 1.82) is 0 Å². The Hall–Kier alpha value is -2.16. The lowest BCUT2D eigenvalue weighted by Gasteiger charge is -2.26. The van der Waals surface area contributed by atoms with Crippen LogP contribution in [0.2, 0.25) is 0 Å². The van der Waals surface area contributed by atoms with Gasteiger partial charge >= 0.3 is 6.18 Å². The molecule has 1 aromatic rings. The van der Waals surface area contributed by atoms with Crippen LogP contribution in [-0.4, -0.2) is 22.5 Å². The Morgan fingerprint density at radius 2 is 1.95 bits per heavy atom. The molecule has 9 heteroatoms. The van der Waals surface area contributed by atoms with Gasteiger partial charge in [-0.15, -0.1) is 0 Å². The minimum Gasteiger partial charge on any atom is -0.318 e. The fraction of sp³-hybridized carbons (Fsp3) is 0.364. The minimum absolute atomic E-state index is 0.332. The Bertz CT molecular complexity index is 556. The van der Waals surface area contributed by atoms with Crippen LogP contribution in [0.4, 0.5) is 24.5 Å². The van der Waals surface area contributed by atoms with Crippen molar-refractivity contribution < 1.29 is 22.9 Å². The second-order valence-electron chi connectivity index (χ2n) is 4.43. The second-order valence-corrected chi connectivity index (χ2v) is 4.43. The molecule has 0 aromatic heterocycles. The molecule has 0 spiro atoms. The topological polar surface area (TPSA) is 98.3 Å². The smallest absolute Gasteiger partial charge is 0.318 e. The third kappa shape index (κ3) is 3.05. The third-order valence-electron chi connectivity index (χ3n) is 2.66. The molecule has 0 aliphatic heterocycles. The molecule has 0 saturated carbocycles. The van der Waals surface area contributed by atoms with Crippen LogP contribution < -0.4 is 11.1 Å². The second kappa shape index (κ2) is 5.08. The first-order valence-electron chi connectivity index (χ1n) is 5.39. The van der Waals surface area contributed by atoms with Crippen LogP contribution >= 0.6 is 0 Å². The summed E-state index contributed by atoms with van der Waals surface area (Å²) in [6, 6.07) is 3.69. The molecule has 1 unspecified atom stereocenters. The lowest BCUT2D eigenvalue weighted by Crippen LogP contribution is -2.59. The highest BCUT2D eigenvalue weighted by Gasteiger charge is 2.54. The van der Waals surface area contributed by atoms with E-state index in [0.29, 0.717) is 12.5 Å². The summed E-state index contributed by atoms with van der Waals surface area (Å²) < 4.78 is 37.8. The number of nitro groups is 1. The van der Waals surface area contributed by atoms with Gasteiger partial charge in [-0.3, -0.25) is 14.9 Å². The summed E-state index contributed by atoms with van der Waals surface area (Å²) in [6.07, 6.45) is -4.98. The number of hydrogen-bond acceptors (Lipinski definition) is 4. The van der Waals surface area contributed by atoms with Gasteiger partial charge < -0.3 is 11.1 Å². The van der Waals surface area contributed by atoms with E-state index in [-0.39, 0.29) is 5.69 Å². The Kier molecular flexibility index (Phi) is 4.04. The van der Waals surface area contributed by atoms with E-state index in [1.165, 1.54) is 12.1 Å². The lowest BCUT2D eigenvalue weighted by atomic mass is 10.0. The van der Waals surface area contributed by atoms with Crippen molar-refractivity contribution in [2.75, 3.05) is 5.32 Å². The number of amides is 1. The van der Waals surface area contributed by atoms with E-state index in [1.54, 1.807) is 6.92 Å². The molecule has 0 aliphatic rings. The van der Waals surface area contributed by atoms with Crippen LogP contribution in [0, 0.1) is 17.0 Å². The highest BCUT2D eigenvalue weighted by atomic mass is 19.4. The van der Waals surface area contributed by atoms with Crippen LogP contribution in [-0.2, 0) is 4.79 Å². The molecule has 6 nitrogen and oxygen atoms in total. The molecule has 0 bridgehead atoms. The molecule has 110 valence electrons. The number of nitrogens with one attached hydrogen (secondary N) is 1. The monoisotopic (exact) mass is 291 g/mol. The molecule has 0 radical (unpaired) electrons. The number of halogens is 3. The molecular formula is C11H12F3N3O3. The normalized spacial score (nSPS) is 14.5. The van der Waals surface area contributed by atoms with E-state index >= 15 is 0 Å². The van der Waals surface area contributed by atoms with Crippen molar-refractivity contribution in [3.8, 4) is 0 Å². The number of hydrogen-bond donors (Lipinski definition) is 2. The average molecular weight is 291 g/mol. The quantitative estimate of drug-likeness (QED) is 0.658. The average Bonchev–Trinajstić information content (AvgIpc) is 2.26. The third-order valence-corrected chi connectivity index (χ3v) is 2.66. The molecule has 0 saturated heterocycles. The van der Waals surface area contributed by atoms with Gasteiger partial charge in [0.05, 0.1) is 4.92 Å². The first-order valence-corrected chi connectivity index (χ1v) is 5.39. The van der Waals surface area contributed by atoms with Crippen LogP contribution in [0.5, 0.6) is 0 Å². The van der Waals surface area contributed by atoms with Gasteiger partial charge in [0.1, 0.15) is 5.69 Å². The Morgan fingerprint density at radius 3 is 2.40 bits per heavy atom. The largest absolute Gasteiger partial charge is 0.415 e. The molecule has 0 heterocycles. The van der Waals surface area contributed by atoms with Crippen LogP contribution in [0.25, 0.3) is 0 Å². The molecule has 1 amide bonds. The fourth-order valence-corrected chi connectivity index (χ4v) is 1.29. The van der Waals surface area contributed by atoms with Gasteiger partial charge in [-0.2, -0.15) is 13.2 Å². The van der Waals surface area contributed by atoms with Crippen molar-refractivity contribution in [1.82, 2.24) is 0 Å². The number of carbonyl (C=O) groups excluding carboxylic acids is 1. The van der Waals surface area contributed by atoms with Crippen LogP contribution in [0.15, 0.2) is 18.2 Å². The predicted octanol–water partition coefficient (Wildman–Crippen LogP) is 2.12. The molecule has 1 rings (SSSR count). The lowest BCUT2D eigenvalue weighted by molar-refractivity contribution is -0.384. The number of anilines is 1. The molecule has 20 heavy (non-hydrogen) atoms. The number of benzene rings is 1. The predicted molar refractivity (Wildman–Crippen MR) is 65.1 cm³/mol. The molecule has 0 fully saturated rings. The summed E-state index contributed by atoms with van der Waals surface area (Å²) in [5.41, 5.74) is 1.49. The Morgan fingerprint density at radius 1 is 1.40 bits per heavy atom. The minimum atomic E-state index is -4.98. The first kappa shape index (κ1) is 15.9. The highest BCUT2D eigenvalue weighted by molar-refractivity contribution is 6.00. The zero-order valence-electron chi connectivity index (χ0n) is 10.6. The number of rotatable bonds is 3. The zero-order valence-corrected chi connectivity index (χ0v) is 10.6. The summed E-state index contributed by atoms with van der Waals surface area (Å²) >= 11 is 0. The zero-order chi connectivity index (χ0) is 15.7. The van der Waals surface area contributed by atoms with E-state index in [2.05, 4.69) is 0 Å². The van der Waals surface area contributed by atoms with Gasteiger partial charge in [-0.1, -0.05) is 6.07 Å². The summed E-state index contributed by atoms with van der Waals surface area (Å²) in [5, 5.41) is 12.6. The van der Waals surface area contributed by atoms with Gasteiger partial charge in [-0.05, 0) is 25.5 Å². The number of nitrogens with two attached hydrogens (primary N) is 1. The first-order chi connectivity index (χ1) is 8.96. The highest BCUT2D eigenvalue weighted by Crippen LogP contribution is 2.31. The SMILES string of the molecule is Cc1ccc([N+](=O)[O-])c(NC(=O)C(C)(N)C(F)(F)F)c1. The van der Waals surface area contributed by atoms with Crippen molar-refractivity contribution in [2.24, 2.45) is 5.73 Å². The van der Waals surface area contributed by atoms with E-state index < -0.39 is 28.2 Å². The molecule has 3 N–H and O–H groups in total. The van der Waals surface area contributed by atoms with Crippen molar-refractivity contribution in [3.63, 3.8) is 0 Å². The van der Waals surface area contributed by atoms with Crippen LogP contribution in [0.1, 0.15) is 12.5 Å². The maximum Gasteiger partial charge on any atom is 0.415 e. The Balaban J connectivity index is 3.14. The van der Waals surface area contributed by atoms with Gasteiger partial charge in [0.15, 0.2) is 5.54 Å². The van der Waals surface area contributed by atoms with E-state index in [0.717, 1.165) is 6.07 Å². The summed E-state index contributed by atoms with van der Waals surface area (Å²) in [7, 11) is 0. The number of alkyl halides is 3. The number of aryl methyl sites for hydroxylation is 1.